The molecule has 2 saturated heterocycles. The minimum absolute atomic E-state index is 0.301. The van der Waals surface area contributed by atoms with E-state index in [4.69, 9.17) is 0 Å². The van der Waals surface area contributed by atoms with Gasteiger partial charge in [0, 0.05) is 39.3 Å². The van der Waals surface area contributed by atoms with Gasteiger partial charge in [0.1, 0.15) is 0 Å². The number of rotatable bonds is 3. The standard InChI is InChI=1S/C17H27N5O/c1-15-6-7-16(19-18-15)21-12-10-20(11-13-21)14-17(23)22-8-4-2-3-5-9-22/h6-7H,2-5,8-14H2,1H3. The number of hydrogen-bond donors (Lipinski definition) is 0. The van der Waals surface area contributed by atoms with Crippen LogP contribution in [-0.2, 0) is 4.79 Å². The predicted octanol–water partition coefficient (Wildman–Crippen LogP) is 1.31. The molecule has 6 nitrogen and oxygen atoms in total. The Morgan fingerprint density at radius 3 is 2.26 bits per heavy atom. The molecule has 1 aromatic rings. The van der Waals surface area contributed by atoms with Crippen LogP contribution in [0.5, 0.6) is 0 Å². The van der Waals surface area contributed by atoms with Gasteiger partial charge in [-0.25, -0.2) is 0 Å². The van der Waals surface area contributed by atoms with E-state index in [0.29, 0.717) is 12.5 Å². The van der Waals surface area contributed by atoms with Gasteiger partial charge in [-0.15, -0.1) is 5.10 Å². The van der Waals surface area contributed by atoms with E-state index in [0.717, 1.165) is 63.6 Å². The maximum atomic E-state index is 12.5. The maximum Gasteiger partial charge on any atom is 0.236 e. The Labute approximate surface area is 138 Å². The molecule has 0 spiro atoms. The lowest BCUT2D eigenvalue weighted by molar-refractivity contribution is -0.132. The Kier molecular flexibility index (Phi) is 5.43. The lowest BCUT2D eigenvalue weighted by atomic mass is 10.2. The van der Waals surface area contributed by atoms with Gasteiger partial charge in [0.25, 0.3) is 0 Å². The molecular formula is C17H27N5O. The second kappa shape index (κ2) is 7.73. The van der Waals surface area contributed by atoms with Crippen LogP contribution < -0.4 is 4.90 Å². The topological polar surface area (TPSA) is 52.6 Å². The summed E-state index contributed by atoms with van der Waals surface area (Å²) in [6.45, 7) is 8.03. The smallest absolute Gasteiger partial charge is 0.236 e. The predicted molar refractivity (Wildman–Crippen MR) is 90.5 cm³/mol. The van der Waals surface area contributed by atoms with E-state index in [1.807, 2.05) is 19.1 Å². The summed E-state index contributed by atoms with van der Waals surface area (Å²) >= 11 is 0. The number of piperazine rings is 1. The third-order valence-electron chi connectivity index (χ3n) is 4.80. The molecule has 2 fully saturated rings. The van der Waals surface area contributed by atoms with Gasteiger partial charge in [0.2, 0.25) is 5.91 Å². The van der Waals surface area contributed by atoms with Crippen molar-refractivity contribution < 1.29 is 4.79 Å². The van der Waals surface area contributed by atoms with Crippen molar-refractivity contribution in [2.45, 2.75) is 32.6 Å². The number of aryl methyl sites for hydroxylation is 1. The molecule has 0 aromatic carbocycles. The normalized spacial score (nSPS) is 20.4. The van der Waals surface area contributed by atoms with Gasteiger partial charge in [-0.05, 0) is 31.9 Å². The van der Waals surface area contributed by atoms with Crippen molar-refractivity contribution in [3.63, 3.8) is 0 Å². The van der Waals surface area contributed by atoms with Crippen LogP contribution in [0.25, 0.3) is 0 Å². The lowest BCUT2D eigenvalue weighted by Crippen LogP contribution is -2.50. The Morgan fingerprint density at radius 1 is 0.957 bits per heavy atom. The minimum Gasteiger partial charge on any atom is -0.353 e. The van der Waals surface area contributed by atoms with Crippen molar-refractivity contribution in [2.75, 3.05) is 50.7 Å². The first-order valence-corrected chi connectivity index (χ1v) is 8.78. The fourth-order valence-corrected chi connectivity index (χ4v) is 3.31. The van der Waals surface area contributed by atoms with Crippen LogP contribution in [0.1, 0.15) is 31.4 Å². The Balaban J connectivity index is 1.47. The molecule has 2 aliphatic rings. The zero-order valence-electron chi connectivity index (χ0n) is 14.1. The molecule has 6 heteroatoms. The number of hydrogen-bond acceptors (Lipinski definition) is 5. The second-order valence-electron chi connectivity index (χ2n) is 6.59. The van der Waals surface area contributed by atoms with Gasteiger partial charge < -0.3 is 9.80 Å². The third kappa shape index (κ3) is 4.41. The fourth-order valence-electron chi connectivity index (χ4n) is 3.31. The van der Waals surface area contributed by atoms with Crippen molar-refractivity contribution in [3.8, 4) is 0 Å². The van der Waals surface area contributed by atoms with Crippen LogP contribution >= 0.6 is 0 Å². The largest absolute Gasteiger partial charge is 0.353 e. The molecule has 0 aliphatic carbocycles. The zero-order valence-corrected chi connectivity index (χ0v) is 14.1. The number of carbonyl (C=O) groups is 1. The van der Waals surface area contributed by atoms with Crippen LogP contribution in [0.2, 0.25) is 0 Å². The van der Waals surface area contributed by atoms with E-state index >= 15 is 0 Å². The Hall–Kier alpha value is -1.69. The highest BCUT2D eigenvalue weighted by molar-refractivity contribution is 5.78. The number of carbonyl (C=O) groups excluding carboxylic acids is 1. The summed E-state index contributed by atoms with van der Waals surface area (Å²) in [7, 11) is 0. The van der Waals surface area contributed by atoms with Crippen molar-refractivity contribution in [2.24, 2.45) is 0 Å². The monoisotopic (exact) mass is 317 g/mol. The molecule has 0 saturated carbocycles. The van der Waals surface area contributed by atoms with E-state index in [9.17, 15) is 4.79 Å². The molecule has 1 aromatic heterocycles. The van der Waals surface area contributed by atoms with E-state index in [1.165, 1.54) is 12.8 Å². The Bertz CT molecular complexity index is 502. The number of anilines is 1. The highest BCUT2D eigenvalue weighted by atomic mass is 16.2. The highest BCUT2D eigenvalue weighted by Gasteiger charge is 2.22. The molecule has 23 heavy (non-hydrogen) atoms. The first-order valence-electron chi connectivity index (χ1n) is 8.78. The number of likely N-dealkylation sites (tertiary alicyclic amines) is 1. The molecule has 3 heterocycles. The minimum atomic E-state index is 0.301. The summed E-state index contributed by atoms with van der Waals surface area (Å²) < 4.78 is 0. The van der Waals surface area contributed by atoms with Gasteiger partial charge in [0.05, 0.1) is 12.2 Å². The lowest BCUT2D eigenvalue weighted by Gasteiger charge is -2.35. The maximum absolute atomic E-state index is 12.5. The average molecular weight is 317 g/mol. The first-order chi connectivity index (χ1) is 11.2. The van der Waals surface area contributed by atoms with Crippen LogP contribution in [0.3, 0.4) is 0 Å². The first kappa shape index (κ1) is 16.2. The molecule has 126 valence electrons. The molecule has 0 radical (unpaired) electrons. The summed E-state index contributed by atoms with van der Waals surface area (Å²) in [5, 5.41) is 8.38. The number of nitrogens with zero attached hydrogens (tertiary/aromatic N) is 5. The van der Waals surface area contributed by atoms with Gasteiger partial charge >= 0.3 is 0 Å². The molecule has 3 rings (SSSR count). The van der Waals surface area contributed by atoms with Crippen molar-refractivity contribution in [1.82, 2.24) is 20.0 Å². The number of aromatic nitrogens is 2. The van der Waals surface area contributed by atoms with Crippen LogP contribution in [0.15, 0.2) is 12.1 Å². The molecule has 2 aliphatic heterocycles. The van der Waals surface area contributed by atoms with Crippen molar-refractivity contribution in [1.29, 1.82) is 0 Å². The molecule has 0 N–H and O–H groups in total. The average Bonchev–Trinajstić information content (AvgIpc) is 2.86. The summed E-state index contributed by atoms with van der Waals surface area (Å²) in [5.74, 6) is 1.24. The van der Waals surface area contributed by atoms with E-state index in [2.05, 4.69) is 24.9 Å². The number of amides is 1. The van der Waals surface area contributed by atoms with Crippen LogP contribution in [0, 0.1) is 6.92 Å². The summed E-state index contributed by atoms with van der Waals surface area (Å²) in [4.78, 5) is 19.0. The molecule has 0 unspecified atom stereocenters. The second-order valence-corrected chi connectivity index (χ2v) is 6.59. The van der Waals surface area contributed by atoms with E-state index in [1.54, 1.807) is 0 Å². The highest BCUT2D eigenvalue weighted by Crippen LogP contribution is 2.14. The van der Waals surface area contributed by atoms with Gasteiger partial charge in [-0.2, -0.15) is 5.10 Å². The van der Waals surface area contributed by atoms with Gasteiger partial charge in [-0.1, -0.05) is 12.8 Å². The van der Waals surface area contributed by atoms with Gasteiger partial charge in [-0.3, -0.25) is 9.69 Å². The molecule has 1 amide bonds. The SMILES string of the molecule is Cc1ccc(N2CCN(CC(=O)N3CCCCCC3)CC2)nn1. The van der Waals surface area contributed by atoms with E-state index in [-0.39, 0.29) is 0 Å². The van der Waals surface area contributed by atoms with Crippen LogP contribution in [0.4, 0.5) is 5.82 Å². The van der Waals surface area contributed by atoms with Crippen molar-refractivity contribution >= 4 is 11.7 Å². The molecular weight excluding hydrogens is 290 g/mol. The zero-order chi connectivity index (χ0) is 16.1. The summed E-state index contributed by atoms with van der Waals surface area (Å²) in [5.41, 5.74) is 0.940. The van der Waals surface area contributed by atoms with Crippen LogP contribution in [-0.4, -0.2) is 71.7 Å². The Morgan fingerprint density at radius 2 is 1.65 bits per heavy atom. The summed E-state index contributed by atoms with van der Waals surface area (Å²) in [6, 6.07) is 4.03. The molecule has 0 bridgehead atoms. The third-order valence-corrected chi connectivity index (χ3v) is 4.80. The molecule has 0 atom stereocenters. The quantitative estimate of drug-likeness (QED) is 0.841. The fraction of sp³-hybridized carbons (Fsp3) is 0.706. The van der Waals surface area contributed by atoms with Gasteiger partial charge in [0.15, 0.2) is 5.82 Å². The van der Waals surface area contributed by atoms with E-state index < -0.39 is 0 Å². The van der Waals surface area contributed by atoms with Crippen molar-refractivity contribution in [3.05, 3.63) is 17.8 Å². The summed E-state index contributed by atoms with van der Waals surface area (Å²) in [6.07, 6.45) is 4.84.